The molecule has 1 N–H and O–H groups in total. The van der Waals surface area contributed by atoms with E-state index in [1.165, 1.54) is 16.7 Å². The van der Waals surface area contributed by atoms with Crippen molar-refractivity contribution in [3.63, 3.8) is 0 Å². The summed E-state index contributed by atoms with van der Waals surface area (Å²) in [6.45, 7) is 7.47. The number of nitrogens with one attached hydrogen (secondary N) is 1. The van der Waals surface area contributed by atoms with Gasteiger partial charge in [-0.1, -0.05) is 58.5 Å². The monoisotopic (exact) mass is 534 g/mol. The topological polar surface area (TPSA) is 49.4 Å². The number of thioether (sulfide) groups is 1. The van der Waals surface area contributed by atoms with Crippen LogP contribution in [0.3, 0.4) is 0 Å². The molecular weight excluding hydrogens is 510 g/mol. The van der Waals surface area contributed by atoms with Crippen LogP contribution in [0, 0.1) is 0 Å². The van der Waals surface area contributed by atoms with Crippen molar-refractivity contribution >= 4 is 70.0 Å². The average molecular weight is 536 g/mol. The number of amides is 2. The fourth-order valence-electron chi connectivity index (χ4n) is 2.90. The number of nitrogens with zero attached hydrogens (tertiary/aromatic N) is 1. The van der Waals surface area contributed by atoms with Crippen molar-refractivity contribution in [3.8, 4) is 0 Å². The maximum absolute atomic E-state index is 13.2. The number of rotatable bonds is 8. The van der Waals surface area contributed by atoms with Gasteiger partial charge in [0.25, 0.3) is 0 Å². The number of hydrogen-bond acceptors (Lipinski definition) is 3. The molecular formula is C23H26Cl4N2O2S. The van der Waals surface area contributed by atoms with Gasteiger partial charge in [-0.2, -0.15) is 0 Å². The largest absolute Gasteiger partial charge is 0.350 e. The first kappa shape index (κ1) is 27.1. The molecule has 0 aliphatic carbocycles. The molecule has 2 aromatic carbocycles. The Bertz CT molecular complexity index is 938. The van der Waals surface area contributed by atoms with E-state index in [4.69, 9.17) is 46.4 Å². The zero-order chi connectivity index (χ0) is 24.1. The van der Waals surface area contributed by atoms with Crippen LogP contribution in [0.15, 0.2) is 36.4 Å². The first-order valence-corrected chi connectivity index (χ1v) is 12.6. The zero-order valence-corrected chi connectivity index (χ0v) is 22.2. The van der Waals surface area contributed by atoms with Gasteiger partial charge in [0.05, 0.1) is 5.75 Å². The minimum absolute atomic E-state index is 0.115. The van der Waals surface area contributed by atoms with Gasteiger partial charge in [-0.25, -0.2) is 0 Å². The Morgan fingerprint density at radius 1 is 0.938 bits per heavy atom. The maximum atomic E-state index is 13.2. The molecule has 0 heterocycles. The average Bonchev–Trinajstić information content (AvgIpc) is 2.68. The van der Waals surface area contributed by atoms with Gasteiger partial charge in [0, 0.05) is 43.5 Å². The van der Waals surface area contributed by atoms with Crippen LogP contribution in [0.5, 0.6) is 0 Å². The highest BCUT2D eigenvalue weighted by Crippen LogP contribution is 2.30. The van der Waals surface area contributed by atoms with E-state index < -0.39 is 11.6 Å². The Morgan fingerprint density at radius 2 is 1.41 bits per heavy atom. The van der Waals surface area contributed by atoms with Crippen molar-refractivity contribution in [1.29, 1.82) is 0 Å². The van der Waals surface area contributed by atoms with Crippen molar-refractivity contribution in [2.24, 2.45) is 0 Å². The normalized spacial score (nSPS) is 12.4. The highest BCUT2D eigenvalue weighted by Gasteiger charge is 2.29. The van der Waals surface area contributed by atoms with E-state index in [0.29, 0.717) is 31.4 Å². The molecule has 2 amide bonds. The zero-order valence-electron chi connectivity index (χ0n) is 18.3. The quantitative estimate of drug-likeness (QED) is 0.401. The predicted molar refractivity (Wildman–Crippen MR) is 137 cm³/mol. The molecule has 1 atom stereocenters. The van der Waals surface area contributed by atoms with Gasteiger partial charge >= 0.3 is 0 Å². The summed E-state index contributed by atoms with van der Waals surface area (Å²) in [6, 6.07) is 9.72. The second kappa shape index (κ2) is 11.8. The smallest absolute Gasteiger partial charge is 0.242 e. The van der Waals surface area contributed by atoms with Crippen molar-refractivity contribution in [1.82, 2.24) is 10.2 Å². The van der Waals surface area contributed by atoms with Gasteiger partial charge in [0.15, 0.2) is 0 Å². The molecule has 0 aromatic heterocycles. The second-order valence-corrected chi connectivity index (χ2v) is 10.9. The lowest BCUT2D eigenvalue weighted by Gasteiger charge is -2.32. The summed E-state index contributed by atoms with van der Waals surface area (Å²) < 4.78 is 0. The van der Waals surface area contributed by atoms with E-state index in [9.17, 15) is 9.59 Å². The fourth-order valence-corrected chi connectivity index (χ4v) is 5.07. The first-order valence-electron chi connectivity index (χ1n) is 9.95. The van der Waals surface area contributed by atoms with Crippen LogP contribution in [-0.4, -0.2) is 34.0 Å². The molecule has 0 saturated heterocycles. The van der Waals surface area contributed by atoms with Crippen LogP contribution < -0.4 is 5.32 Å². The van der Waals surface area contributed by atoms with Gasteiger partial charge in [-0.15, -0.1) is 11.8 Å². The van der Waals surface area contributed by atoms with Crippen LogP contribution in [0.4, 0.5) is 0 Å². The highest BCUT2D eigenvalue weighted by atomic mass is 35.5. The molecule has 0 aliphatic rings. The molecule has 0 spiro atoms. The molecule has 9 heteroatoms. The summed E-state index contributed by atoms with van der Waals surface area (Å²) in [4.78, 5) is 27.5. The van der Waals surface area contributed by atoms with Crippen molar-refractivity contribution in [2.45, 2.75) is 51.6 Å². The van der Waals surface area contributed by atoms with E-state index in [-0.39, 0.29) is 24.1 Å². The lowest BCUT2D eigenvalue weighted by molar-refractivity contribution is -0.139. The van der Waals surface area contributed by atoms with Crippen molar-refractivity contribution in [2.75, 3.05) is 5.75 Å². The van der Waals surface area contributed by atoms with Crippen molar-refractivity contribution in [3.05, 3.63) is 67.6 Å². The molecule has 32 heavy (non-hydrogen) atoms. The van der Waals surface area contributed by atoms with E-state index in [0.717, 1.165) is 5.56 Å². The number of halogens is 4. The van der Waals surface area contributed by atoms with Crippen LogP contribution in [-0.2, 0) is 21.9 Å². The van der Waals surface area contributed by atoms with Gasteiger partial charge in [-0.05, 0) is 57.5 Å². The molecule has 0 radical (unpaired) electrons. The third kappa shape index (κ3) is 7.74. The number of carbonyl (C=O) groups excluding carboxylic acids is 2. The van der Waals surface area contributed by atoms with Gasteiger partial charge in [-0.3, -0.25) is 9.59 Å². The highest BCUT2D eigenvalue weighted by molar-refractivity contribution is 7.99. The Hall–Kier alpha value is -1.11. The molecule has 0 saturated carbocycles. The predicted octanol–water partition coefficient (Wildman–Crippen LogP) is 6.87. The Kier molecular flexibility index (Phi) is 10.0. The van der Waals surface area contributed by atoms with Crippen LogP contribution in [0.1, 0.15) is 38.8 Å². The third-order valence-electron chi connectivity index (χ3n) is 4.59. The van der Waals surface area contributed by atoms with Gasteiger partial charge in [0.2, 0.25) is 11.8 Å². The Balaban J connectivity index is 2.20. The molecule has 4 nitrogen and oxygen atoms in total. The molecule has 0 aliphatic heterocycles. The lowest BCUT2D eigenvalue weighted by atomic mass is 10.1. The Labute approximate surface area is 213 Å². The summed E-state index contributed by atoms with van der Waals surface area (Å²) >= 11 is 26.5. The van der Waals surface area contributed by atoms with E-state index in [2.05, 4.69) is 5.32 Å². The van der Waals surface area contributed by atoms with Crippen LogP contribution in [0.25, 0.3) is 0 Å². The number of benzene rings is 2. The third-order valence-corrected chi connectivity index (χ3v) is 6.95. The summed E-state index contributed by atoms with van der Waals surface area (Å²) in [5.74, 6) is 0.128. The van der Waals surface area contributed by atoms with E-state index >= 15 is 0 Å². The summed E-state index contributed by atoms with van der Waals surface area (Å²) in [5.41, 5.74) is 0.934. The Morgan fingerprint density at radius 3 is 1.88 bits per heavy atom. The molecule has 2 rings (SSSR count). The summed E-state index contributed by atoms with van der Waals surface area (Å²) in [5, 5.41) is 4.91. The maximum Gasteiger partial charge on any atom is 0.242 e. The van der Waals surface area contributed by atoms with Crippen molar-refractivity contribution < 1.29 is 9.59 Å². The molecule has 174 valence electrons. The number of carbonyl (C=O) groups is 2. The fraction of sp³-hybridized carbons (Fsp3) is 0.391. The van der Waals surface area contributed by atoms with E-state index in [1.807, 2.05) is 20.8 Å². The number of hydrogen-bond donors (Lipinski definition) is 1. The van der Waals surface area contributed by atoms with E-state index in [1.54, 1.807) is 43.3 Å². The molecule has 2 aromatic rings. The minimum Gasteiger partial charge on any atom is -0.350 e. The first-order chi connectivity index (χ1) is 14.9. The van der Waals surface area contributed by atoms with Gasteiger partial charge in [0.1, 0.15) is 6.04 Å². The standard InChI is InChI=1S/C23H26Cl4N2O2S/c1-14(22(31)28-23(2,3)4)29(11-15-17(24)7-5-8-18(15)25)21(30)13-32-12-16-19(26)9-6-10-20(16)27/h5-10,14H,11-13H2,1-4H3,(H,28,31)/t14-/m1/s1. The molecule has 0 fully saturated rings. The van der Waals surface area contributed by atoms with Gasteiger partial charge < -0.3 is 10.2 Å². The summed E-state index contributed by atoms with van der Waals surface area (Å²) in [7, 11) is 0. The summed E-state index contributed by atoms with van der Waals surface area (Å²) in [6.07, 6.45) is 0. The lowest BCUT2D eigenvalue weighted by Crippen LogP contribution is -2.52. The van der Waals surface area contributed by atoms with Crippen LogP contribution >= 0.6 is 58.2 Å². The second-order valence-electron chi connectivity index (χ2n) is 8.33. The van der Waals surface area contributed by atoms with Crippen LogP contribution in [0.2, 0.25) is 20.1 Å². The minimum atomic E-state index is -0.724. The molecule has 0 bridgehead atoms. The molecule has 0 unspecified atom stereocenters. The SMILES string of the molecule is C[C@H](C(=O)NC(C)(C)C)N(Cc1c(Cl)cccc1Cl)C(=O)CSCc1c(Cl)cccc1Cl.